The molecule has 0 saturated carbocycles. The van der Waals surface area contributed by atoms with Gasteiger partial charge in [0.1, 0.15) is 0 Å². The van der Waals surface area contributed by atoms with Gasteiger partial charge in [-0.2, -0.15) is 0 Å². The van der Waals surface area contributed by atoms with Gasteiger partial charge in [0, 0.05) is 12.5 Å². The van der Waals surface area contributed by atoms with E-state index in [0.29, 0.717) is 17.1 Å². The van der Waals surface area contributed by atoms with Crippen molar-refractivity contribution in [2.45, 2.75) is 20.8 Å². The van der Waals surface area contributed by atoms with Gasteiger partial charge in [-0.15, -0.1) is 0 Å². The minimum Gasteiger partial charge on any atom is -0.493 e. The maximum Gasteiger partial charge on any atom is 0.363 e. The van der Waals surface area contributed by atoms with E-state index in [1.165, 1.54) is 14.0 Å². The Labute approximate surface area is 157 Å². The number of esters is 2. The smallest absolute Gasteiger partial charge is 0.363 e. The van der Waals surface area contributed by atoms with Crippen molar-refractivity contribution >= 4 is 23.9 Å². The van der Waals surface area contributed by atoms with Crippen LogP contribution in [0.2, 0.25) is 0 Å². The minimum absolute atomic E-state index is 0.186. The molecule has 1 aliphatic heterocycles. The molecule has 0 fully saturated rings. The van der Waals surface area contributed by atoms with Crippen LogP contribution in [0.5, 0.6) is 11.5 Å². The van der Waals surface area contributed by atoms with Crippen LogP contribution < -0.4 is 9.47 Å². The van der Waals surface area contributed by atoms with Crippen LogP contribution >= 0.6 is 0 Å². The first kappa shape index (κ1) is 18.4. The second-order valence-corrected chi connectivity index (χ2v) is 6.14. The molecule has 138 valence electrons. The summed E-state index contributed by atoms with van der Waals surface area (Å²) < 4.78 is 15.6. The van der Waals surface area contributed by atoms with Crippen LogP contribution in [-0.4, -0.2) is 24.9 Å². The number of nitrogens with zero attached hydrogens (tertiary/aromatic N) is 1. The molecule has 0 unspecified atom stereocenters. The molecule has 1 aliphatic rings. The Hall–Kier alpha value is -3.41. The van der Waals surface area contributed by atoms with Crippen molar-refractivity contribution < 1.29 is 23.8 Å². The fourth-order valence-electron chi connectivity index (χ4n) is 2.58. The molecule has 0 amide bonds. The first-order valence-electron chi connectivity index (χ1n) is 8.34. The van der Waals surface area contributed by atoms with Crippen molar-refractivity contribution in [2.24, 2.45) is 4.99 Å². The molecule has 2 aromatic carbocycles. The largest absolute Gasteiger partial charge is 0.493 e. The van der Waals surface area contributed by atoms with E-state index in [2.05, 4.69) is 4.99 Å². The lowest BCUT2D eigenvalue weighted by Crippen LogP contribution is -2.05. The predicted octanol–water partition coefficient (Wildman–Crippen LogP) is 3.58. The van der Waals surface area contributed by atoms with Gasteiger partial charge in [-0.1, -0.05) is 12.1 Å². The van der Waals surface area contributed by atoms with Gasteiger partial charge in [-0.25, -0.2) is 9.79 Å². The molecular weight excluding hydrogens is 346 g/mol. The lowest BCUT2D eigenvalue weighted by molar-refractivity contribution is -0.132. The SMILES string of the molecule is COc1cc(C=C2N=C(c3ccc(C)c(C)c3)OC2=O)ccc1OC(C)=O. The highest BCUT2D eigenvalue weighted by Crippen LogP contribution is 2.30. The van der Waals surface area contributed by atoms with Crippen LogP contribution in [0, 0.1) is 13.8 Å². The number of aryl methyl sites for hydroxylation is 2. The highest BCUT2D eigenvalue weighted by Gasteiger charge is 2.24. The average Bonchev–Trinajstić information content (AvgIpc) is 2.99. The minimum atomic E-state index is -0.522. The standard InChI is InChI=1S/C21H19NO5/c1-12-5-7-16(9-13(12)2)20-22-17(21(24)27-20)10-15-6-8-18(26-14(3)23)19(11-15)25-4/h5-11H,1-4H3. The number of carbonyl (C=O) groups is 2. The summed E-state index contributed by atoms with van der Waals surface area (Å²) in [5, 5.41) is 0. The van der Waals surface area contributed by atoms with E-state index in [4.69, 9.17) is 14.2 Å². The third-order valence-electron chi connectivity index (χ3n) is 4.12. The summed E-state index contributed by atoms with van der Waals surface area (Å²) in [6, 6.07) is 10.7. The molecule has 0 aliphatic carbocycles. The molecule has 0 radical (unpaired) electrons. The van der Waals surface area contributed by atoms with Gasteiger partial charge >= 0.3 is 11.9 Å². The molecule has 0 bridgehead atoms. The Morgan fingerprint density at radius 1 is 1.07 bits per heavy atom. The van der Waals surface area contributed by atoms with Crippen molar-refractivity contribution in [3.8, 4) is 11.5 Å². The molecule has 0 spiro atoms. The first-order valence-corrected chi connectivity index (χ1v) is 8.34. The number of hydrogen-bond acceptors (Lipinski definition) is 6. The van der Waals surface area contributed by atoms with Gasteiger partial charge < -0.3 is 14.2 Å². The number of rotatable bonds is 4. The van der Waals surface area contributed by atoms with Crippen LogP contribution in [0.3, 0.4) is 0 Å². The lowest BCUT2D eigenvalue weighted by Gasteiger charge is -2.08. The molecule has 1 heterocycles. The number of aliphatic imine (C=N–C) groups is 1. The molecule has 6 heteroatoms. The molecule has 27 heavy (non-hydrogen) atoms. The summed E-state index contributed by atoms with van der Waals surface area (Å²) in [5.41, 5.74) is 3.84. The number of benzene rings is 2. The highest BCUT2D eigenvalue weighted by molar-refractivity contribution is 6.12. The summed E-state index contributed by atoms with van der Waals surface area (Å²) in [7, 11) is 1.47. The zero-order valence-electron chi connectivity index (χ0n) is 15.5. The summed E-state index contributed by atoms with van der Waals surface area (Å²) in [4.78, 5) is 27.6. The van der Waals surface area contributed by atoms with Crippen molar-refractivity contribution in [2.75, 3.05) is 7.11 Å². The maximum atomic E-state index is 12.2. The molecule has 0 aromatic heterocycles. The Kier molecular flexibility index (Phi) is 5.07. The maximum absolute atomic E-state index is 12.2. The van der Waals surface area contributed by atoms with E-state index in [-0.39, 0.29) is 11.6 Å². The molecule has 6 nitrogen and oxygen atoms in total. The van der Waals surface area contributed by atoms with Crippen LogP contribution in [0.4, 0.5) is 0 Å². The van der Waals surface area contributed by atoms with Crippen molar-refractivity contribution in [3.63, 3.8) is 0 Å². The van der Waals surface area contributed by atoms with Crippen LogP contribution in [0.1, 0.15) is 29.2 Å². The van der Waals surface area contributed by atoms with Gasteiger partial charge in [-0.3, -0.25) is 4.79 Å². The fourth-order valence-corrected chi connectivity index (χ4v) is 2.58. The Morgan fingerprint density at radius 2 is 1.85 bits per heavy atom. The third kappa shape index (κ3) is 4.06. The van der Waals surface area contributed by atoms with Crippen molar-refractivity contribution in [1.82, 2.24) is 0 Å². The summed E-state index contributed by atoms with van der Waals surface area (Å²) in [5.74, 6) is -0.00439. The Bertz CT molecular complexity index is 988. The van der Waals surface area contributed by atoms with Gasteiger partial charge in [0.15, 0.2) is 17.2 Å². The van der Waals surface area contributed by atoms with E-state index in [1.54, 1.807) is 24.3 Å². The normalized spacial score (nSPS) is 14.7. The molecule has 2 aromatic rings. The Balaban J connectivity index is 1.92. The summed E-state index contributed by atoms with van der Waals surface area (Å²) in [6.45, 7) is 5.32. The topological polar surface area (TPSA) is 74.2 Å². The number of methoxy groups -OCH3 is 1. The zero-order chi connectivity index (χ0) is 19.6. The first-order chi connectivity index (χ1) is 12.9. The summed E-state index contributed by atoms with van der Waals surface area (Å²) >= 11 is 0. The van der Waals surface area contributed by atoms with E-state index < -0.39 is 11.9 Å². The van der Waals surface area contributed by atoms with Gasteiger partial charge in [0.25, 0.3) is 0 Å². The summed E-state index contributed by atoms with van der Waals surface area (Å²) in [6.07, 6.45) is 1.59. The molecule has 0 atom stereocenters. The van der Waals surface area contributed by atoms with Gasteiger partial charge in [0.05, 0.1) is 7.11 Å². The van der Waals surface area contributed by atoms with E-state index in [0.717, 1.165) is 16.7 Å². The molecule has 0 N–H and O–H groups in total. The van der Waals surface area contributed by atoms with Crippen LogP contribution in [0.25, 0.3) is 6.08 Å². The van der Waals surface area contributed by atoms with Crippen LogP contribution in [0.15, 0.2) is 47.1 Å². The predicted molar refractivity (Wildman–Crippen MR) is 101 cm³/mol. The molecule has 3 rings (SSSR count). The molecule has 0 saturated heterocycles. The average molecular weight is 365 g/mol. The van der Waals surface area contributed by atoms with Gasteiger partial charge in [0.2, 0.25) is 5.90 Å². The highest BCUT2D eigenvalue weighted by atomic mass is 16.6. The van der Waals surface area contributed by atoms with Crippen molar-refractivity contribution in [3.05, 3.63) is 64.3 Å². The quantitative estimate of drug-likeness (QED) is 0.470. The third-order valence-corrected chi connectivity index (χ3v) is 4.12. The van der Waals surface area contributed by atoms with E-state index in [9.17, 15) is 9.59 Å². The Morgan fingerprint density at radius 3 is 2.52 bits per heavy atom. The van der Waals surface area contributed by atoms with E-state index >= 15 is 0 Å². The number of hydrogen-bond donors (Lipinski definition) is 0. The number of carbonyl (C=O) groups excluding carboxylic acids is 2. The monoisotopic (exact) mass is 365 g/mol. The number of ether oxygens (including phenoxy) is 3. The zero-order valence-corrected chi connectivity index (χ0v) is 15.5. The molecular formula is C21H19NO5. The lowest BCUT2D eigenvalue weighted by atomic mass is 10.1. The van der Waals surface area contributed by atoms with Crippen LogP contribution in [-0.2, 0) is 14.3 Å². The van der Waals surface area contributed by atoms with E-state index in [1.807, 2.05) is 32.0 Å². The van der Waals surface area contributed by atoms with Gasteiger partial charge in [-0.05, 0) is 60.9 Å². The fraction of sp³-hybridized carbons (Fsp3) is 0.190. The second-order valence-electron chi connectivity index (χ2n) is 6.14. The second kappa shape index (κ2) is 7.45. The van der Waals surface area contributed by atoms with Crippen molar-refractivity contribution in [1.29, 1.82) is 0 Å². The number of cyclic esters (lactones) is 1.